The molecule has 0 unspecified atom stereocenters. The summed E-state index contributed by atoms with van der Waals surface area (Å²) in [5, 5.41) is 0. The van der Waals surface area contributed by atoms with E-state index < -0.39 is 11.7 Å². The van der Waals surface area contributed by atoms with E-state index in [1.807, 2.05) is 30.0 Å². The summed E-state index contributed by atoms with van der Waals surface area (Å²) >= 11 is 1.90. The molecule has 0 spiro atoms. The molecule has 3 heterocycles. The Morgan fingerprint density at radius 2 is 1.85 bits per heavy atom. The molecule has 0 N–H and O–H groups in total. The molecule has 1 fully saturated rings. The van der Waals surface area contributed by atoms with Crippen molar-refractivity contribution in [3.63, 3.8) is 0 Å². The summed E-state index contributed by atoms with van der Waals surface area (Å²) in [5.41, 5.74) is 4.43. The van der Waals surface area contributed by atoms with Gasteiger partial charge in [-0.05, 0) is 78.0 Å². The van der Waals surface area contributed by atoms with Crippen molar-refractivity contribution in [3.05, 3.63) is 82.8 Å². The number of aromatic nitrogens is 2. The lowest BCUT2D eigenvalue weighted by Crippen LogP contribution is -2.35. The van der Waals surface area contributed by atoms with Gasteiger partial charge in [-0.2, -0.15) is 24.9 Å². The van der Waals surface area contributed by atoms with Gasteiger partial charge in [-0.3, -0.25) is 0 Å². The van der Waals surface area contributed by atoms with Gasteiger partial charge in [-0.25, -0.2) is 14.8 Å². The van der Waals surface area contributed by atoms with Crippen molar-refractivity contribution in [1.82, 2.24) is 9.97 Å². The van der Waals surface area contributed by atoms with E-state index in [4.69, 9.17) is 11.0 Å². The number of thioether (sulfide) groups is 1. The molecule has 1 saturated heterocycles. The normalized spacial score (nSPS) is 14.7. The molecule has 0 saturated carbocycles. The minimum Gasteiger partial charge on any atom is -0.436 e. The average molecular weight is 551 g/mol. The number of nitrogens with zero attached hydrogens (tertiary/aromatic N) is 4. The second-order valence-electron chi connectivity index (χ2n) is 10.2. The standard InChI is InChI=1S/C30H29F3N4OS/c1-19(2)25-14-24(34-3)15-26-28(25)38-29(36-26)22-6-4-20(5-7-22)17-39-18-21-10-12-37(13-11-21)27-9-8-23(16-35-27)30(31,32)33/h4-9,14-16,19,21H,10-13,17-18H2,1-2H3. The van der Waals surface area contributed by atoms with Crippen LogP contribution in [0.25, 0.3) is 27.4 Å². The molecule has 0 aliphatic carbocycles. The molecular formula is C30H29F3N4OS. The summed E-state index contributed by atoms with van der Waals surface area (Å²) in [5.74, 6) is 3.92. The maximum absolute atomic E-state index is 12.8. The lowest BCUT2D eigenvalue weighted by Gasteiger charge is -2.32. The molecule has 0 amide bonds. The maximum atomic E-state index is 12.8. The molecule has 1 aliphatic heterocycles. The Bertz CT molecular complexity index is 1470. The van der Waals surface area contributed by atoms with E-state index in [0.29, 0.717) is 28.8 Å². The van der Waals surface area contributed by atoms with Crippen LogP contribution in [0.1, 0.15) is 49.3 Å². The highest BCUT2D eigenvalue weighted by atomic mass is 32.2. The number of anilines is 1. The molecule has 4 aromatic rings. The predicted octanol–water partition coefficient (Wildman–Crippen LogP) is 8.73. The second-order valence-corrected chi connectivity index (χ2v) is 11.2. The zero-order valence-corrected chi connectivity index (χ0v) is 22.6. The van der Waals surface area contributed by atoms with E-state index >= 15 is 0 Å². The number of pyridine rings is 1. The highest BCUT2D eigenvalue weighted by Gasteiger charge is 2.31. The van der Waals surface area contributed by atoms with Gasteiger partial charge in [0.05, 0.1) is 17.7 Å². The number of fused-ring (bicyclic) bond motifs is 1. The van der Waals surface area contributed by atoms with E-state index in [1.54, 1.807) is 6.07 Å². The molecular weight excluding hydrogens is 521 g/mol. The van der Waals surface area contributed by atoms with Crippen molar-refractivity contribution in [2.75, 3.05) is 23.7 Å². The monoisotopic (exact) mass is 550 g/mol. The second kappa shape index (κ2) is 11.3. The molecule has 2 aromatic carbocycles. The lowest BCUT2D eigenvalue weighted by molar-refractivity contribution is -0.137. The van der Waals surface area contributed by atoms with Crippen LogP contribution in [-0.2, 0) is 11.9 Å². The summed E-state index contributed by atoms with van der Waals surface area (Å²) in [6, 6.07) is 14.5. The summed E-state index contributed by atoms with van der Waals surface area (Å²) < 4.78 is 44.5. The van der Waals surface area contributed by atoms with Crippen LogP contribution in [0.2, 0.25) is 0 Å². The SMILES string of the molecule is [C-]#[N+]c1cc(C(C)C)c2oc(-c3ccc(CSCC4CCN(c5ccc(C(F)(F)F)cn5)CC4)cc3)nc2c1. The van der Waals surface area contributed by atoms with Gasteiger partial charge in [-0.1, -0.05) is 26.0 Å². The van der Waals surface area contributed by atoms with Crippen LogP contribution in [0.15, 0.2) is 59.1 Å². The number of benzene rings is 2. The van der Waals surface area contributed by atoms with Gasteiger partial charge in [0.1, 0.15) is 5.82 Å². The first-order valence-electron chi connectivity index (χ1n) is 13.0. The number of halogens is 3. The Morgan fingerprint density at radius 3 is 2.46 bits per heavy atom. The van der Waals surface area contributed by atoms with Gasteiger partial charge in [0.2, 0.25) is 5.89 Å². The van der Waals surface area contributed by atoms with Crippen LogP contribution in [-0.4, -0.2) is 28.8 Å². The Hall–Kier alpha value is -3.51. The quantitative estimate of drug-likeness (QED) is 0.215. The van der Waals surface area contributed by atoms with Crippen molar-refractivity contribution < 1.29 is 17.6 Å². The van der Waals surface area contributed by atoms with Crippen LogP contribution in [0.3, 0.4) is 0 Å². The molecule has 39 heavy (non-hydrogen) atoms. The molecule has 1 aliphatic rings. The Morgan fingerprint density at radius 1 is 1.10 bits per heavy atom. The zero-order chi connectivity index (χ0) is 27.6. The van der Waals surface area contributed by atoms with E-state index in [1.165, 1.54) is 11.6 Å². The predicted molar refractivity (Wildman–Crippen MR) is 150 cm³/mol. The average Bonchev–Trinajstić information content (AvgIpc) is 3.37. The fourth-order valence-electron chi connectivity index (χ4n) is 4.82. The van der Waals surface area contributed by atoms with Crippen molar-refractivity contribution >= 4 is 34.4 Å². The lowest BCUT2D eigenvalue weighted by atomic mass is 9.99. The van der Waals surface area contributed by atoms with Crippen LogP contribution >= 0.6 is 11.8 Å². The van der Waals surface area contributed by atoms with Gasteiger partial charge in [0.25, 0.3) is 0 Å². The van der Waals surface area contributed by atoms with Crippen LogP contribution in [0.5, 0.6) is 0 Å². The van der Waals surface area contributed by atoms with Crippen molar-refractivity contribution in [2.24, 2.45) is 5.92 Å². The molecule has 202 valence electrons. The largest absolute Gasteiger partial charge is 0.436 e. The van der Waals surface area contributed by atoms with Crippen LogP contribution in [0.4, 0.5) is 24.7 Å². The summed E-state index contributed by atoms with van der Waals surface area (Å²) in [6.45, 7) is 13.1. The molecule has 0 radical (unpaired) electrons. The molecule has 2 aromatic heterocycles. The van der Waals surface area contributed by atoms with Gasteiger partial charge in [0.15, 0.2) is 11.3 Å². The highest BCUT2D eigenvalue weighted by Crippen LogP contribution is 2.35. The molecule has 0 bridgehead atoms. The van der Waals surface area contributed by atoms with Crippen molar-refractivity contribution in [2.45, 2.75) is 44.5 Å². The first-order valence-corrected chi connectivity index (χ1v) is 14.1. The summed E-state index contributed by atoms with van der Waals surface area (Å²) in [7, 11) is 0. The molecule has 9 heteroatoms. The molecule has 0 atom stereocenters. The third kappa shape index (κ3) is 6.22. The number of hydrogen-bond acceptors (Lipinski definition) is 5. The minimum atomic E-state index is -4.36. The fourth-order valence-corrected chi connectivity index (χ4v) is 6.03. The first-order chi connectivity index (χ1) is 18.7. The van der Waals surface area contributed by atoms with Gasteiger partial charge in [-0.15, -0.1) is 0 Å². The minimum absolute atomic E-state index is 0.225. The number of hydrogen-bond donors (Lipinski definition) is 0. The zero-order valence-electron chi connectivity index (χ0n) is 21.8. The Kier molecular flexibility index (Phi) is 7.85. The topological polar surface area (TPSA) is 46.5 Å². The van der Waals surface area contributed by atoms with E-state index in [2.05, 4.69) is 45.7 Å². The van der Waals surface area contributed by atoms with Crippen LogP contribution < -0.4 is 4.90 Å². The first kappa shape index (κ1) is 27.1. The van der Waals surface area contributed by atoms with Crippen LogP contribution in [0, 0.1) is 12.5 Å². The Labute approximate surface area is 230 Å². The van der Waals surface area contributed by atoms with Crippen molar-refractivity contribution in [1.29, 1.82) is 0 Å². The van der Waals surface area contributed by atoms with E-state index in [9.17, 15) is 13.2 Å². The smallest absolute Gasteiger partial charge is 0.417 e. The van der Waals surface area contributed by atoms with Gasteiger partial charge >= 0.3 is 6.18 Å². The number of alkyl halides is 3. The van der Waals surface area contributed by atoms with Gasteiger partial charge < -0.3 is 9.32 Å². The molecule has 5 nitrogen and oxygen atoms in total. The fraction of sp³-hybridized carbons (Fsp3) is 0.367. The number of rotatable bonds is 7. The highest BCUT2D eigenvalue weighted by molar-refractivity contribution is 7.98. The molecule has 5 rings (SSSR count). The number of piperidine rings is 1. The summed E-state index contributed by atoms with van der Waals surface area (Å²) in [6.07, 6.45) is -1.44. The van der Waals surface area contributed by atoms with E-state index in [-0.39, 0.29) is 5.92 Å². The number of oxazole rings is 1. The summed E-state index contributed by atoms with van der Waals surface area (Å²) in [4.78, 5) is 14.3. The maximum Gasteiger partial charge on any atom is 0.417 e. The Balaban J connectivity index is 1.13. The van der Waals surface area contributed by atoms with E-state index in [0.717, 1.165) is 66.4 Å². The van der Waals surface area contributed by atoms with Crippen molar-refractivity contribution in [3.8, 4) is 11.5 Å². The van der Waals surface area contributed by atoms with Gasteiger partial charge in [0, 0.05) is 30.6 Å². The third-order valence-corrected chi connectivity index (χ3v) is 8.34. The third-order valence-electron chi connectivity index (χ3n) is 7.09.